The molecule has 7 nitrogen and oxygen atoms in total. The van der Waals surface area contributed by atoms with Crippen molar-refractivity contribution in [2.75, 3.05) is 0 Å². The number of thiazole rings is 1. The zero-order valence-electron chi connectivity index (χ0n) is 18.6. The van der Waals surface area contributed by atoms with E-state index in [1.54, 1.807) is 13.1 Å². The van der Waals surface area contributed by atoms with Crippen LogP contribution in [0.4, 0.5) is 0 Å². The van der Waals surface area contributed by atoms with Gasteiger partial charge in [0.2, 0.25) is 5.91 Å². The van der Waals surface area contributed by atoms with Gasteiger partial charge in [-0.3, -0.25) is 20.4 Å². The van der Waals surface area contributed by atoms with Crippen LogP contribution in [0.2, 0.25) is 0 Å². The molecule has 0 aliphatic rings. The van der Waals surface area contributed by atoms with Gasteiger partial charge in [0.25, 0.3) is 5.91 Å². The molecule has 2 amide bonds. The summed E-state index contributed by atoms with van der Waals surface area (Å²) in [5.74, 6) is 0.403. The fourth-order valence-electron chi connectivity index (χ4n) is 3.23. The highest BCUT2D eigenvalue weighted by Crippen LogP contribution is 2.27. The van der Waals surface area contributed by atoms with Crippen molar-refractivity contribution in [3.05, 3.63) is 82.3 Å². The number of rotatable bonds is 6. The van der Waals surface area contributed by atoms with Crippen molar-refractivity contribution in [1.29, 1.82) is 0 Å². The molecule has 0 radical (unpaired) electrons. The summed E-state index contributed by atoms with van der Waals surface area (Å²) in [7, 11) is 0. The number of hydrogen-bond acceptors (Lipinski definition) is 6. The lowest BCUT2D eigenvalue weighted by molar-refractivity contribution is -0.121. The smallest absolute Gasteiger partial charge is 0.281 e. The zero-order chi connectivity index (χ0) is 23.4. The molecule has 0 saturated heterocycles. The molecule has 0 saturated carbocycles. The molecule has 4 rings (SSSR count). The topological polar surface area (TPSA) is 97.1 Å². The Kier molecular flexibility index (Phi) is 6.65. The van der Waals surface area contributed by atoms with Gasteiger partial charge in [-0.05, 0) is 38.0 Å². The van der Waals surface area contributed by atoms with E-state index in [1.165, 1.54) is 22.5 Å². The Hall–Kier alpha value is -3.78. The molecule has 2 aromatic carbocycles. The van der Waals surface area contributed by atoms with Crippen molar-refractivity contribution in [2.45, 2.75) is 33.6 Å². The van der Waals surface area contributed by atoms with E-state index in [9.17, 15) is 9.59 Å². The van der Waals surface area contributed by atoms with Gasteiger partial charge in [0.15, 0.2) is 11.7 Å². The number of nitrogens with zero attached hydrogens (tertiary/aromatic N) is 2. The average Bonchev–Trinajstić information content (AvgIpc) is 3.45. The van der Waals surface area contributed by atoms with Crippen molar-refractivity contribution in [3.8, 4) is 21.9 Å². The van der Waals surface area contributed by atoms with Gasteiger partial charge in [-0.1, -0.05) is 42.5 Å². The number of hydrogen-bond donors (Lipinski definition) is 2. The quantitative estimate of drug-likeness (QED) is 0.404. The molecule has 168 valence electrons. The maximum Gasteiger partial charge on any atom is 0.281 e. The molecular weight excluding hydrogens is 436 g/mol. The Bertz CT molecular complexity index is 1290. The van der Waals surface area contributed by atoms with Gasteiger partial charge < -0.3 is 4.42 Å². The number of carbonyl (C=O) groups is 2. The molecule has 33 heavy (non-hydrogen) atoms. The molecule has 0 atom stereocenters. The van der Waals surface area contributed by atoms with Gasteiger partial charge >= 0.3 is 0 Å². The normalized spacial score (nSPS) is 10.8. The number of benzene rings is 2. The molecular formula is C25H24N4O3S. The van der Waals surface area contributed by atoms with Crippen LogP contribution in [-0.4, -0.2) is 21.8 Å². The van der Waals surface area contributed by atoms with Crippen LogP contribution in [0.1, 0.15) is 38.8 Å². The Morgan fingerprint density at radius 3 is 2.52 bits per heavy atom. The van der Waals surface area contributed by atoms with Crippen LogP contribution >= 0.6 is 11.3 Å². The molecule has 0 fully saturated rings. The summed E-state index contributed by atoms with van der Waals surface area (Å²) >= 11 is 1.29. The first-order valence-electron chi connectivity index (χ1n) is 10.5. The zero-order valence-corrected chi connectivity index (χ0v) is 19.5. The Labute approximate surface area is 195 Å². The van der Waals surface area contributed by atoms with Gasteiger partial charge in [0.05, 0.1) is 11.9 Å². The number of nitrogens with one attached hydrogen (secondary N) is 2. The summed E-state index contributed by atoms with van der Waals surface area (Å²) in [6.07, 6.45) is 2.12. The first-order chi connectivity index (χ1) is 15.9. The van der Waals surface area contributed by atoms with Gasteiger partial charge in [-0.25, -0.2) is 9.97 Å². The van der Waals surface area contributed by atoms with E-state index in [2.05, 4.69) is 27.7 Å². The third-order valence-corrected chi connectivity index (χ3v) is 6.46. The molecule has 2 heterocycles. The second-order valence-corrected chi connectivity index (χ2v) is 8.72. The Morgan fingerprint density at radius 1 is 0.970 bits per heavy atom. The highest BCUT2D eigenvalue weighted by Gasteiger charge is 2.17. The monoisotopic (exact) mass is 460 g/mol. The van der Waals surface area contributed by atoms with Crippen LogP contribution in [0.25, 0.3) is 21.9 Å². The van der Waals surface area contributed by atoms with Crippen LogP contribution in [0.15, 0.2) is 59.1 Å². The second kappa shape index (κ2) is 9.79. The molecule has 0 aliphatic carbocycles. The molecule has 0 spiro atoms. The maximum absolute atomic E-state index is 12.5. The van der Waals surface area contributed by atoms with Crippen molar-refractivity contribution in [2.24, 2.45) is 0 Å². The van der Waals surface area contributed by atoms with Gasteiger partial charge in [-0.15, -0.1) is 11.3 Å². The lowest BCUT2D eigenvalue weighted by Gasteiger charge is -2.05. The number of aryl methyl sites for hydroxylation is 4. The highest BCUT2D eigenvalue weighted by atomic mass is 32.1. The number of aromatic nitrogens is 2. The third kappa shape index (κ3) is 5.35. The van der Waals surface area contributed by atoms with Crippen LogP contribution in [0.5, 0.6) is 0 Å². The first kappa shape index (κ1) is 22.4. The van der Waals surface area contributed by atoms with Crippen molar-refractivity contribution in [3.63, 3.8) is 0 Å². The minimum Gasteiger partial charge on any atom is -0.441 e. The van der Waals surface area contributed by atoms with E-state index in [1.807, 2.05) is 55.5 Å². The summed E-state index contributed by atoms with van der Waals surface area (Å²) in [5, 5.41) is 0.757. The lowest BCUT2D eigenvalue weighted by atomic mass is 10.1. The molecule has 2 N–H and O–H groups in total. The Morgan fingerprint density at radius 2 is 1.76 bits per heavy atom. The summed E-state index contributed by atoms with van der Waals surface area (Å²) < 4.78 is 5.79. The fraction of sp³-hybridized carbons (Fsp3) is 0.200. The largest absolute Gasteiger partial charge is 0.441 e. The average molecular weight is 461 g/mol. The van der Waals surface area contributed by atoms with Crippen molar-refractivity contribution in [1.82, 2.24) is 20.8 Å². The predicted octanol–water partition coefficient (Wildman–Crippen LogP) is 4.78. The maximum atomic E-state index is 12.5. The van der Waals surface area contributed by atoms with Crippen LogP contribution in [-0.2, 0) is 11.2 Å². The highest BCUT2D eigenvalue weighted by molar-refractivity contribution is 7.17. The number of hydrazine groups is 1. The van der Waals surface area contributed by atoms with E-state index in [-0.39, 0.29) is 12.3 Å². The molecule has 0 unspecified atom stereocenters. The van der Waals surface area contributed by atoms with E-state index in [0.29, 0.717) is 28.6 Å². The number of oxazole rings is 1. The Balaban J connectivity index is 1.29. The standard InChI is InChI=1S/C25H24N4O3S/c1-15-9-10-19(13-16(15)2)20-14-26-22(32-20)12-11-21(30)28-29-24(31)23-17(3)27-25(33-23)18-7-5-4-6-8-18/h4-10,13-14H,11-12H2,1-3H3,(H,28,30)(H,29,31). The van der Waals surface area contributed by atoms with Crippen LogP contribution in [0.3, 0.4) is 0 Å². The number of carbonyl (C=O) groups excluding carboxylic acids is 2. The van der Waals surface area contributed by atoms with Crippen LogP contribution < -0.4 is 10.9 Å². The number of amides is 2. The molecule has 2 aromatic heterocycles. The van der Waals surface area contributed by atoms with Crippen LogP contribution in [0, 0.1) is 20.8 Å². The predicted molar refractivity (Wildman–Crippen MR) is 128 cm³/mol. The summed E-state index contributed by atoms with van der Waals surface area (Å²) in [6.45, 7) is 5.88. The minimum atomic E-state index is -0.395. The van der Waals surface area contributed by atoms with E-state index >= 15 is 0 Å². The molecule has 4 aromatic rings. The van der Waals surface area contributed by atoms with Crippen molar-refractivity contribution < 1.29 is 14.0 Å². The summed E-state index contributed by atoms with van der Waals surface area (Å²) in [6, 6.07) is 15.7. The minimum absolute atomic E-state index is 0.129. The van der Waals surface area contributed by atoms with E-state index < -0.39 is 5.91 Å². The molecule has 0 bridgehead atoms. The lowest BCUT2D eigenvalue weighted by Crippen LogP contribution is -2.41. The van der Waals surface area contributed by atoms with E-state index in [0.717, 1.165) is 16.1 Å². The van der Waals surface area contributed by atoms with Gasteiger partial charge in [-0.2, -0.15) is 0 Å². The second-order valence-electron chi connectivity index (χ2n) is 7.72. The summed E-state index contributed by atoms with van der Waals surface area (Å²) in [4.78, 5) is 33.9. The molecule has 8 heteroatoms. The van der Waals surface area contributed by atoms with E-state index in [4.69, 9.17) is 4.42 Å². The van der Waals surface area contributed by atoms with Gasteiger partial charge in [0, 0.05) is 24.0 Å². The third-order valence-electron chi connectivity index (χ3n) is 5.25. The van der Waals surface area contributed by atoms with Crippen molar-refractivity contribution >= 4 is 23.2 Å². The SMILES string of the molecule is Cc1ccc(-c2cnc(CCC(=O)NNC(=O)c3sc(-c4ccccc4)nc3C)o2)cc1C. The van der Waals surface area contributed by atoms with Gasteiger partial charge in [0.1, 0.15) is 9.88 Å². The fourth-order valence-corrected chi connectivity index (χ4v) is 4.20. The summed E-state index contributed by atoms with van der Waals surface area (Å²) in [5.41, 5.74) is 9.81. The molecule has 0 aliphatic heterocycles. The first-order valence-corrected chi connectivity index (χ1v) is 11.4.